The molecule has 0 unspecified atom stereocenters. The molecule has 2 atom stereocenters. The monoisotopic (exact) mass is 609 g/mol. The number of rotatable bonds is 15. The molecule has 2 amide bonds. The Morgan fingerprint density at radius 2 is 1.56 bits per heavy atom. The van der Waals surface area contributed by atoms with Gasteiger partial charge in [0.25, 0.3) is 10.0 Å². The largest absolute Gasteiger partial charge is 0.497 e. The second-order valence-corrected chi connectivity index (χ2v) is 12.2. The third-order valence-corrected chi connectivity index (χ3v) is 8.99. The van der Waals surface area contributed by atoms with Crippen LogP contribution in [-0.2, 0) is 26.2 Å². The number of benzene rings is 3. The average Bonchev–Trinajstić information content (AvgIpc) is 3.00. The fourth-order valence-corrected chi connectivity index (χ4v) is 6.00. The van der Waals surface area contributed by atoms with E-state index in [0.29, 0.717) is 24.5 Å². The lowest BCUT2D eigenvalue weighted by atomic mass is 10.1. The van der Waals surface area contributed by atoms with Gasteiger partial charge in [0.05, 0.1) is 24.3 Å². The molecule has 3 aromatic rings. The maximum absolute atomic E-state index is 14.3. The van der Waals surface area contributed by atoms with E-state index in [-0.39, 0.29) is 29.1 Å². The van der Waals surface area contributed by atoms with E-state index in [0.717, 1.165) is 21.9 Å². The van der Waals surface area contributed by atoms with Gasteiger partial charge in [-0.1, -0.05) is 55.8 Å². The van der Waals surface area contributed by atoms with Gasteiger partial charge in [0.2, 0.25) is 11.8 Å². The minimum absolute atomic E-state index is 0.0421. The first-order chi connectivity index (χ1) is 20.5. The fraction of sp³-hybridized carbons (Fsp3) is 0.394. The van der Waals surface area contributed by atoms with Crippen LogP contribution in [0.25, 0.3) is 0 Å². The number of carbonyl (C=O) groups is 2. The van der Waals surface area contributed by atoms with Gasteiger partial charge in [0.1, 0.15) is 24.1 Å². The molecule has 43 heavy (non-hydrogen) atoms. The molecule has 0 saturated carbocycles. The van der Waals surface area contributed by atoms with Crippen molar-refractivity contribution in [2.75, 3.05) is 24.6 Å². The average molecular weight is 610 g/mol. The number of hydrogen-bond donors (Lipinski definition) is 1. The van der Waals surface area contributed by atoms with Crippen LogP contribution in [0, 0.1) is 6.92 Å². The summed E-state index contributed by atoms with van der Waals surface area (Å²) in [6.45, 7) is 9.25. The molecular weight excluding hydrogens is 566 g/mol. The zero-order chi connectivity index (χ0) is 31.6. The van der Waals surface area contributed by atoms with E-state index >= 15 is 0 Å². The molecule has 0 saturated heterocycles. The zero-order valence-electron chi connectivity index (χ0n) is 25.9. The molecule has 0 aliphatic heterocycles. The minimum Gasteiger partial charge on any atom is -0.497 e. The Kier molecular flexibility index (Phi) is 12.0. The number of hydrogen-bond acceptors (Lipinski definition) is 6. The minimum atomic E-state index is -4.21. The first-order valence-electron chi connectivity index (χ1n) is 14.6. The van der Waals surface area contributed by atoms with Crippen LogP contribution in [0.4, 0.5) is 5.69 Å². The highest BCUT2D eigenvalue weighted by molar-refractivity contribution is 7.92. The molecule has 1 N–H and O–H groups in total. The summed E-state index contributed by atoms with van der Waals surface area (Å²) in [4.78, 5) is 29.2. The molecule has 0 bridgehead atoms. The number of sulfonamides is 1. The van der Waals surface area contributed by atoms with E-state index in [1.807, 2.05) is 39.8 Å². The van der Waals surface area contributed by atoms with Crippen molar-refractivity contribution in [1.82, 2.24) is 10.2 Å². The molecule has 0 heterocycles. The molecule has 3 aromatic carbocycles. The molecule has 10 heteroatoms. The number of anilines is 1. The molecule has 0 aromatic heterocycles. The van der Waals surface area contributed by atoms with E-state index in [1.165, 1.54) is 17.0 Å². The molecule has 0 radical (unpaired) electrons. The van der Waals surface area contributed by atoms with Crippen molar-refractivity contribution in [3.05, 3.63) is 83.9 Å². The van der Waals surface area contributed by atoms with Gasteiger partial charge in [0, 0.05) is 12.6 Å². The van der Waals surface area contributed by atoms with Crippen LogP contribution in [0.15, 0.2) is 77.7 Å². The molecule has 0 spiro atoms. The predicted octanol–water partition coefficient (Wildman–Crippen LogP) is 5.32. The number of nitrogens with one attached hydrogen (secondary N) is 1. The second kappa shape index (κ2) is 15.4. The van der Waals surface area contributed by atoms with Gasteiger partial charge in [-0.3, -0.25) is 13.9 Å². The van der Waals surface area contributed by atoms with Crippen molar-refractivity contribution in [3.8, 4) is 11.5 Å². The third-order valence-electron chi connectivity index (χ3n) is 7.22. The van der Waals surface area contributed by atoms with Gasteiger partial charge < -0.3 is 19.7 Å². The second-order valence-electron chi connectivity index (χ2n) is 10.3. The van der Waals surface area contributed by atoms with Crippen molar-refractivity contribution in [3.63, 3.8) is 0 Å². The van der Waals surface area contributed by atoms with Crippen molar-refractivity contribution in [2.45, 2.75) is 71.0 Å². The summed E-state index contributed by atoms with van der Waals surface area (Å²) < 4.78 is 40.4. The van der Waals surface area contributed by atoms with Gasteiger partial charge >= 0.3 is 0 Å². The molecule has 0 aliphatic rings. The molecule has 9 nitrogen and oxygen atoms in total. The Morgan fingerprint density at radius 1 is 0.907 bits per heavy atom. The lowest BCUT2D eigenvalue weighted by Gasteiger charge is -2.34. The summed E-state index contributed by atoms with van der Waals surface area (Å²) >= 11 is 0. The number of aryl methyl sites for hydroxylation is 1. The maximum atomic E-state index is 14.3. The lowest BCUT2D eigenvalue weighted by molar-refractivity contribution is -0.140. The SMILES string of the molecule is CCOc1ccccc1N(CC(=O)N(Cc1ccc(OC)cc1)[C@H](CC)C(=O)N[C@H](C)CC)S(=O)(=O)c1ccc(C)cc1. The normalized spacial score (nSPS) is 12.6. The van der Waals surface area contributed by atoms with Crippen molar-refractivity contribution in [2.24, 2.45) is 0 Å². The van der Waals surface area contributed by atoms with Crippen LogP contribution < -0.4 is 19.1 Å². The summed E-state index contributed by atoms with van der Waals surface area (Å²) in [5.74, 6) is 0.174. The lowest BCUT2D eigenvalue weighted by Crippen LogP contribution is -2.53. The Bertz CT molecular complexity index is 1460. The quantitative estimate of drug-likeness (QED) is 0.250. The summed E-state index contributed by atoms with van der Waals surface area (Å²) in [6, 6.07) is 19.5. The first-order valence-corrected chi connectivity index (χ1v) is 16.0. The van der Waals surface area contributed by atoms with E-state index < -0.39 is 28.5 Å². The number of para-hydroxylation sites is 2. The highest BCUT2D eigenvalue weighted by Gasteiger charge is 2.35. The smallest absolute Gasteiger partial charge is 0.264 e. The first kappa shape index (κ1) is 33.5. The number of carbonyl (C=O) groups excluding carboxylic acids is 2. The Labute approximate surface area is 255 Å². The zero-order valence-corrected chi connectivity index (χ0v) is 26.7. The number of ether oxygens (including phenoxy) is 2. The maximum Gasteiger partial charge on any atom is 0.264 e. The standard InChI is InChI=1S/C33H43N3O6S/c1-7-25(5)34-33(38)29(8-2)35(22-26-16-18-27(41-6)19-17-26)32(37)23-36(30-12-10-11-13-31(30)42-9-3)43(39,40)28-20-14-24(4)15-21-28/h10-21,25,29H,7-9,22-23H2,1-6H3,(H,34,38)/t25-,29-/m1/s1. The van der Waals surface area contributed by atoms with Crippen LogP contribution in [-0.4, -0.2) is 57.5 Å². The van der Waals surface area contributed by atoms with Crippen LogP contribution in [0.3, 0.4) is 0 Å². The van der Waals surface area contributed by atoms with Gasteiger partial charge in [-0.25, -0.2) is 8.42 Å². The van der Waals surface area contributed by atoms with Crippen molar-refractivity contribution in [1.29, 1.82) is 0 Å². The topological polar surface area (TPSA) is 105 Å². The van der Waals surface area contributed by atoms with Crippen LogP contribution in [0.1, 0.15) is 51.7 Å². The van der Waals surface area contributed by atoms with Crippen LogP contribution in [0.5, 0.6) is 11.5 Å². The van der Waals surface area contributed by atoms with E-state index in [2.05, 4.69) is 5.32 Å². The van der Waals surface area contributed by atoms with Gasteiger partial charge in [-0.15, -0.1) is 0 Å². The van der Waals surface area contributed by atoms with E-state index in [4.69, 9.17) is 9.47 Å². The van der Waals surface area contributed by atoms with Gasteiger partial charge in [-0.05, 0) is 75.6 Å². The Balaban J connectivity index is 2.10. The Morgan fingerprint density at radius 3 is 2.14 bits per heavy atom. The van der Waals surface area contributed by atoms with Crippen LogP contribution in [0.2, 0.25) is 0 Å². The summed E-state index contributed by atoms with van der Waals surface area (Å²) in [5.41, 5.74) is 1.91. The summed E-state index contributed by atoms with van der Waals surface area (Å²) in [6.07, 6.45) is 1.07. The molecule has 3 rings (SSSR count). The Hall–Kier alpha value is -4.05. The van der Waals surface area contributed by atoms with Gasteiger partial charge in [-0.2, -0.15) is 0 Å². The van der Waals surface area contributed by atoms with E-state index in [9.17, 15) is 18.0 Å². The third kappa shape index (κ3) is 8.50. The summed E-state index contributed by atoms with van der Waals surface area (Å²) in [7, 11) is -2.64. The number of amides is 2. The molecule has 0 fully saturated rings. The van der Waals surface area contributed by atoms with Crippen molar-refractivity contribution >= 4 is 27.5 Å². The fourth-order valence-electron chi connectivity index (χ4n) is 4.58. The van der Waals surface area contributed by atoms with Gasteiger partial charge in [0.15, 0.2) is 0 Å². The molecule has 0 aliphatic carbocycles. The van der Waals surface area contributed by atoms with Crippen molar-refractivity contribution < 1.29 is 27.5 Å². The molecule has 232 valence electrons. The van der Waals surface area contributed by atoms with E-state index in [1.54, 1.807) is 62.6 Å². The highest BCUT2D eigenvalue weighted by Crippen LogP contribution is 2.33. The highest BCUT2D eigenvalue weighted by atomic mass is 32.2. The summed E-state index contributed by atoms with van der Waals surface area (Å²) in [5, 5.41) is 2.99. The predicted molar refractivity (Wildman–Crippen MR) is 169 cm³/mol. The van der Waals surface area contributed by atoms with Crippen LogP contribution >= 0.6 is 0 Å². The number of methoxy groups -OCH3 is 1. The number of nitrogens with zero attached hydrogens (tertiary/aromatic N) is 2. The molecular formula is C33H43N3O6S.